The number of rotatable bonds is 6. The SMILES string of the molecule is O=C(O)C(Cc1ccccc1)NC(=O)N1CCC(Cc2ccccc2)CC1. The van der Waals surface area contributed by atoms with E-state index in [-0.39, 0.29) is 12.5 Å². The van der Waals surface area contributed by atoms with Gasteiger partial charge in [0, 0.05) is 19.5 Å². The zero-order valence-electron chi connectivity index (χ0n) is 15.4. The third-order valence-electron chi connectivity index (χ3n) is 5.15. The highest BCUT2D eigenvalue weighted by Crippen LogP contribution is 2.21. The molecule has 0 saturated carbocycles. The largest absolute Gasteiger partial charge is 0.480 e. The summed E-state index contributed by atoms with van der Waals surface area (Å²) >= 11 is 0. The van der Waals surface area contributed by atoms with Crippen molar-refractivity contribution in [1.29, 1.82) is 0 Å². The van der Waals surface area contributed by atoms with Crippen LogP contribution in [0.3, 0.4) is 0 Å². The van der Waals surface area contributed by atoms with Gasteiger partial charge >= 0.3 is 12.0 Å². The number of carboxylic acids is 1. The molecule has 1 aliphatic heterocycles. The Morgan fingerprint density at radius 1 is 0.963 bits per heavy atom. The number of piperidine rings is 1. The molecule has 2 aromatic rings. The summed E-state index contributed by atoms with van der Waals surface area (Å²) in [6.07, 6.45) is 3.20. The molecule has 2 aromatic carbocycles. The number of amides is 2. The van der Waals surface area contributed by atoms with E-state index in [4.69, 9.17) is 0 Å². The van der Waals surface area contributed by atoms with Gasteiger partial charge in [-0.2, -0.15) is 0 Å². The van der Waals surface area contributed by atoms with Crippen molar-refractivity contribution in [3.8, 4) is 0 Å². The van der Waals surface area contributed by atoms with Gasteiger partial charge in [0.05, 0.1) is 0 Å². The second kappa shape index (κ2) is 9.21. The van der Waals surface area contributed by atoms with Crippen molar-refractivity contribution >= 4 is 12.0 Å². The van der Waals surface area contributed by atoms with Crippen molar-refractivity contribution in [3.05, 3.63) is 71.8 Å². The van der Waals surface area contributed by atoms with Crippen LogP contribution in [-0.2, 0) is 17.6 Å². The lowest BCUT2D eigenvalue weighted by Crippen LogP contribution is -2.51. The fourth-order valence-electron chi connectivity index (χ4n) is 3.58. The molecule has 1 aliphatic rings. The first-order valence-electron chi connectivity index (χ1n) is 9.48. The minimum absolute atomic E-state index is 0.281. The van der Waals surface area contributed by atoms with Gasteiger partial charge in [-0.3, -0.25) is 0 Å². The van der Waals surface area contributed by atoms with Crippen LogP contribution in [0.5, 0.6) is 0 Å². The Labute approximate surface area is 160 Å². The Hall–Kier alpha value is -2.82. The second-order valence-corrected chi connectivity index (χ2v) is 7.15. The maximum Gasteiger partial charge on any atom is 0.326 e. The molecule has 27 heavy (non-hydrogen) atoms. The molecular weight excluding hydrogens is 340 g/mol. The zero-order chi connectivity index (χ0) is 19.1. The molecule has 1 fully saturated rings. The van der Waals surface area contributed by atoms with Crippen LogP contribution >= 0.6 is 0 Å². The van der Waals surface area contributed by atoms with E-state index in [2.05, 4.69) is 29.6 Å². The molecule has 5 heteroatoms. The number of carboxylic acid groups (broad SMARTS) is 1. The summed E-state index contributed by atoms with van der Waals surface area (Å²) in [6.45, 7) is 1.34. The van der Waals surface area contributed by atoms with Gasteiger partial charge in [0.15, 0.2) is 0 Å². The number of urea groups is 1. The summed E-state index contributed by atoms with van der Waals surface area (Å²) in [5, 5.41) is 12.1. The molecule has 2 amide bonds. The Balaban J connectivity index is 1.49. The number of carbonyl (C=O) groups excluding carboxylic acids is 1. The average Bonchev–Trinajstić information content (AvgIpc) is 2.69. The van der Waals surface area contributed by atoms with Crippen molar-refractivity contribution in [2.24, 2.45) is 5.92 Å². The third kappa shape index (κ3) is 5.58. The van der Waals surface area contributed by atoms with Gasteiger partial charge in [0.1, 0.15) is 6.04 Å². The van der Waals surface area contributed by atoms with Crippen LogP contribution in [0.25, 0.3) is 0 Å². The van der Waals surface area contributed by atoms with E-state index in [9.17, 15) is 14.7 Å². The lowest BCUT2D eigenvalue weighted by Gasteiger charge is -2.33. The maximum atomic E-state index is 12.5. The molecule has 3 rings (SSSR count). The van der Waals surface area contributed by atoms with Crippen molar-refractivity contribution in [1.82, 2.24) is 10.2 Å². The Morgan fingerprint density at radius 3 is 2.07 bits per heavy atom. The van der Waals surface area contributed by atoms with Gasteiger partial charge < -0.3 is 15.3 Å². The number of hydrogen-bond acceptors (Lipinski definition) is 2. The number of nitrogens with one attached hydrogen (secondary N) is 1. The average molecular weight is 366 g/mol. The van der Waals surface area contributed by atoms with Gasteiger partial charge in [-0.05, 0) is 36.3 Å². The van der Waals surface area contributed by atoms with E-state index in [0.29, 0.717) is 19.0 Å². The van der Waals surface area contributed by atoms with Crippen LogP contribution in [0.15, 0.2) is 60.7 Å². The predicted octanol–water partition coefficient (Wildman–Crippen LogP) is 3.35. The molecule has 1 saturated heterocycles. The molecule has 142 valence electrons. The van der Waals surface area contributed by atoms with Crippen LogP contribution in [0.2, 0.25) is 0 Å². The predicted molar refractivity (Wildman–Crippen MR) is 105 cm³/mol. The van der Waals surface area contributed by atoms with Crippen LogP contribution in [0.4, 0.5) is 4.79 Å². The lowest BCUT2D eigenvalue weighted by molar-refractivity contribution is -0.139. The van der Waals surface area contributed by atoms with E-state index in [1.54, 1.807) is 4.90 Å². The molecule has 0 aromatic heterocycles. The molecule has 1 heterocycles. The fourth-order valence-corrected chi connectivity index (χ4v) is 3.58. The Kier molecular flexibility index (Phi) is 6.47. The number of likely N-dealkylation sites (tertiary alicyclic amines) is 1. The van der Waals surface area contributed by atoms with E-state index in [0.717, 1.165) is 24.8 Å². The molecular formula is C22H26N2O3. The highest BCUT2D eigenvalue weighted by molar-refractivity contribution is 5.82. The Bertz CT molecular complexity index is 741. The van der Waals surface area contributed by atoms with E-state index >= 15 is 0 Å². The molecule has 5 nitrogen and oxygen atoms in total. The number of carbonyl (C=O) groups is 2. The number of hydrogen-bond donors (Lipinski definition) is 2. The molecule has 0 spiro atoms. The smallest absolute Gasteiger partial charge is 0.326 e. The fraction of sp³-hybridized carbons (Fsp3) is 0.364. The molecule has 0 bridgehead atoms. The number of benzene rings is 2. The molecule has 1 atom stereocenters. The van der Waals surface area contributed by atoms with E-state index in [1.165, 1.54) is 5.56 Å². The van der Waals surface area contributed by atoms with Crippen LogP contribution in [-0.4, -0.2) is 41.1 Å². The van der Waals surface area contributed by atoms with Crippen LogP contribution in [0.1, 0.15) is 24.0 Å². The third-order valence-corrected chi connectivity index (χ3v) is 5.15. The van der Waals surface area contributed by atoms with Crippen LogP contribution < -0.4 is 5.32 Å². The summed E-state index contributed by atoms with van der Waals surface area (Å²) in [6, 6.07) is 18.6. The highest BCUT2D eigenvalue weighted by atomic mass is 16.4. The first-order valence-corrected chi connectivity index (χ1v) is 9.48. The van der Waals surface area contributed by atoms with Crippen molar-refractivity contribution < 1.29 is 14.7 Å². The lowest BCUT2D eigenvalue weighted by atomic mass is 9.90. The summed E-state index contributed by atoms with van der Waals surface area (Å²) < 4.78 is 0. The first kappa shape index (κ1) is 19.0. The van der Waals surface area contributed by atoms with Gasteiger partial charge in [0.25, 0.3) is 0 Å². The van der Waals surface area contributed by atoms with E-state index in [1.807, 2.05) is 36.4 Å². The van der Waals surface area contributed by atoms with Crippen molar-refractivity contribution in [3.63, 3.8) is 0 Å². The molecule has 2 N–H and O–H groups in total. The second-order valence-electron chi connectivity index (χ2n) is 7.15. The van der Waals surface area contributed by atoms with Gasteiger partial charge in [-0.25, -0.2) is 9.59 Å². The quantitative estimate of drug-likeness (QED) is 0.824. The summed E-state index contributed by atoms with van der Waals surface area (Å²) in [4.78, 5) is 25.8. The van der Waals surface area contributed by atoms with Gasteiger partial charge in [-0.15, -0.1) is 0 Å². The standard InChI is InChI=1S/C22H26N2O3/c25-21(26)20(16-18-9-5-2-6-10-18)23-22(27)24-13-11-19(12-14-24)15-17-7-3-1-4-8-17/h1-10,19-20H,11-16H2,(H,23,27)(H,25,26). The Morgan fingerprint density at radius 2 is 1.52 bits per heavy atom. The zero-order valence-corrected chi connectivity index (χ0v) is 15.4. The molecule has 1 unspecified atom stereocenters. The topological polar surface area (TPSA) is 69.6 Å². The first-order chi connectivity index (χ1) is 13.1. The maximum absolute atomic E-state index is 12.5. The van der Waals surface area contributed by atoms with E-state index < -0.39 is 12.0 Å². The van der Waals surface area contributed by atoms with Crippen molar-refractivity contribution in [2.45, 2.75) is 31.7 Å². The van der Waals surface area contributed by atoms with Crippen LogP contribution in [0, 0.1) is 5.92 Å². The minimum atomic E-state index is -1.01. The minimum Gasteiger partial charge on any atom is -0.480 e. The number of nitrogens with zero attached hydrogens (tertiary/aromatic N) is 1. The number of aliphatic carboxylic acids is 1. The molecule has 0 radical (unpaired) electrons. The summed E-state index contributed by atoms with van der Waals surface area (Å²) in [5.74, 6) is -0.442. The molecule has 0 aliphatic carbocycles. The normalized spacial score (nSPS) is 15.9. The monoisotopic (exact) mass is 366 g/mol. The summed E-state index contributed by atoms with van der Waals surface area (Å²) in [7, 11) is 0. The van der Waals surface area contributed by atoms with Gasteiger partial charge in [-0.1, -0.05) is 60.7 Å². The van der Waals surface area contributed by atoms with Crippen molar-refractivity contribution in [2.75, 3.05) is 13.1 Å². The highest BCUT2D eigenvalue weighted by Gasteiger charge is 2.27. The van der Waals surface area contributed by atoms with Gasteiger partial charge in [0.2, 0.25) is 0 Å². The summed E-state index contributed by atoms with van der Waals surface area (Å²) in [5.41, 5.74) is 2.22.